The van der Waals surface area contributed by atoms with Gasteiger partial charge in [-0.1, -0.05) is 26.0 Å². The molecule has 1 heterocycles. The zero-order valence-corrected chi connectivity index (χ0v) is 14.4. The number of piperazine rings is 1. The summed E-state index contributed by atoms with van der Waals surface area (Å²) >= 11 is 0. The Balaban J connectivity index is 1.70. The van der Waals surface area contributed by atoms with Crippen molar-refractivity contribution >= 4 is 5.91 Å². The number of nitrogens with one attached hydrogen (secondary N) is 1. The van der Waals surface area contributed by atoms with Crippen LogP contribution in [0.25, 0.3) is 0 Å². The molecule has 128 valence electrons. The molecule has 0 atom stereocenters. The van der Waals surface area contributed by atoms with E-state index in [1.807, 2.05) is 6.07 Å². The monoisotopic (exact) mass is 321 g/mol. The fourth-order valence-electron chi connectivity index (χ4n) is 2.85. The van der Waals surface area contributed by atoms with E-state index in [9.17, 15) is 9.18 Å². The van der Waals surface area contributed by atoms with Crippen LogP contribution in [0.3, 0.4) is 0 Å². The summed E-state index contributed by atoms with van der Waals surface area (Å²) in [4.78, 5) is 16.7. The number of halogens is 1. The number of amides is 1. The van der Waals surface area contributed by atoms with E-state index in [1.54, 1.807) is 13.0 Å². The Bertz CT molecular complexity index is 525. The standard InChI is InChI=1S/C18H28FN3O/c1-14(2)12-21-6-8-22(9-7-21)13-18(23)20-11-16-5-4-15(3)17(19)10-16/h4-5,10,14H,6-9,11-13H2,1-3H3,(H,20,23). The van der Waals surface area contributed by atoms with Gasteiger partial charge < -0.3 is 10.2 Å². The van der Waals surface area contributed by atoms with Crippen molar-refractivity contribution < 1.29 is 9.18 Å². The maximum absolute atomic E-state index is 13.5. The first-order valence-electron chi connectivity index (χ1n) is 8.40. The predicted octanol–water partition coefficient (Wildman–Crippen LogP) is 2.02. The van der Waals surface area contributed by atoms with E-state index >= 15 is 0 Å². The molecule has 23 heavy (non-hydrogen) atoms. The quantitative estimate of drug-likeness (QED) is 0.871. The fraction of sp³-hybridized carbons (Fsp3) is 0.611. The van der Waals surface area contributed by atoms with Crippen LogP contribution in [0.1, 0.15) is 25.0 Å². The van der Waals surface area contributed by atoms with Crippen molar-refractivity contribution in [2.45, 2.75) is 27.3 Å². The van der Waals surface area contributed by atoms with E-state index in [1.165, 1.54) is 6.07 Å². The molecular weight excluding hydrogens is 293 g/mol. The van der Waals surface area contributed by atoms with Crippen molar-refractivity contribution in [3.63, 3.8) is 0 Å². The van der Waals surface area contributed by atoms with Gasteiger partial charge in [0.05, 0.1) is 6.54 Å². The molecule has 1 fully saturated rings. The molecular formula is C18H28FN3O. The Hall–Kier alpha value is -1.46. The van der Waals surface area contributed by atoms with Crippen LogP contribution in [0, 0.1) is 18.7 Å². The molecule has 1 aromatic carbocycles. The van der Waals surface area contributed by atoms with E-state index in [4.69, 9.17) is 0 Å². The Labute approximate surface area is 138 Å². The maximum atomic E-state index is 13.5. The summed E-state index contributed by atoms with van der Waals surface area (Å²) in [5.41, 5.74) is 1.42. The minimum absolute atomic E-state index is 0.00305. The second kappa shape index (κ2) is 8.41. The molecule has 0 aliphatic carbocycles. The molecule has 1 N–H and O–H groups in total. The molecule has 0 saturated carbocycles. The van der Waals surface area contributed by atoms with Crippen molar-refractivity contribution in [1.82, 2.24) is 15.1 Å². The first-order valence-corrected chi connectivity index (χ1v) is 8.40. The van der Waals surface area contributed by atoms with Crippen LogP contribution >= 0.6 is 0 Å². The van der Waals surface area contributed by atoms with Gasteiger partial charge in [0, 0.05) is 39.3 Å². The van der Waals surface area contributed by atoms with Crippen LogP contribution in [0.5, 0.6) is 0 Å². The van der Waals surface area contributed by atoms with Gasteiger partial charge in [-0.2, -0.15) is 0 Å². The van der Waals surface area contributed by atoms with Crippen molar-refractivity contribution in [3.8, 4) is 0 Å². The highest BCUT2D eigenvalue weighted by molar-refractivity contribution is 5.78. The number of hydrogen-bond acceptors (Lipinski definition) is 3. The smallest absolute Gasteiger partial charge is 0.234 e. The zero-order chi connectivity index (χ0) is 16.8. The normalized spacial score (nSPS) is 16.7. The molecule has 0 spiro atoms. The van der Waals surface area contributed by atoms with E-state index < -0.39 is 0 Å². The molecule has 1 aliphatic heterocycles. The Morgan fingerprint density at radius 2 is 1.87 bits per heavy atom. The largest absolute Gasteiger partial charge is 0.351 e. The number of carbonyl (C=O) groups is 1. The molecule has 1 amide bonds. The molecule has 1 aromatic rings. The predicted molar refractivity (Wildman–Crippen MR) is 90.7 cm³/mol. The average molecular weight is 321 g/mol. The summed E-state index contributed by atoms with van der Waals surface area (Å²) in [6, 6.07) is 5.08. The van der Waals surface area contributed by atoms with E-state index in [-0.39, 0.29) is 11.7 Å². The highest BCUT2D eigenvalue weighted by atomic mass is 19.1. The third-order valence-corrected chi connectivity index (χ3v) is 4.18. The molecule has 4 nitrogen and oxygen atoms in total. The Morgan fingerprint density at radius 1 is 1.22 bits per heavy atom. The summed E-state index contributed by atoms with van der Waals surface area (Å²) in [6.07, 6.45) is 0. The third kappa shape index (κ3) is 5.92. The molecule has 0 unspecified atom stereocenters. The zero-order valence-electron chi connectivity index (χ0n) is 14.4. The van der Waals surface area contributed by atoms with Gasteiger partial charge in [0.25, 0.3) is 0 Å². The first-order chi connectivity index (χ1) is 10.9. The maximum Gasteiger partial charge on any atom is 0.234 e. The van der Waals surface area contributed by atoms with Gasteiger partial charge in [-0.25, -0.2) is 4.39 Å². The van der Waals surface area contributed by atoms with Crippen molar-refractivity contribution in [3.05, 3.63) is 35.1 Å². The number of carbonyl (C=O) groups excluding carboxylic acids is 1. The van der Waals surface area contributed by atoms with Crippen LogP contribution in [0.4, 0.5) is 4.39 Å². The Morgan fingerprint density at radius 3 is 2.48 bits per heavy atom. The van der Waals surface area contributed by atoms with Gasteiger partial charge in [0.1, 0.15) is 5.82 Å². The van der Waals surface area contributed by atoms with Gasteiger partial charge in [-0.15, -0.1) is 0 Å². The average Bonchev–Trinajstić information content (AvgIpc) is 2.50. The lowest BCUT2D eigenvalue weighted by Gasteiger charge is -2.35. The lowest BCUT2D eigenvalue weighted by molar-refractivity contribution is -0.122. The van der Waals surface area contributed by atoms with Crippen LogP contribution in [0.2, 0.25) is 0 Å². The number of nitrogens with zero attached hydrogens (tertiary/aromatic N) is 2. The Kier molecular flexibility index (Phi) is 6.54. The number of rotatable bonds is 6. The topological polar surface area (TPSA) is 35.6 Å². The lowest BCUT2D eigenvalue weighted by atomic mass is 10.1. The molecule has 5 heteroatoms. The van der Waals surface area contributed by atoms with Crippen LogP contribution in [0.15, 0.2) is 18.2 Å². The van der Waals surface area contributed by atoms with Gasteiger partial charge in [-0.3, -0.25) is 9.69 Å². The van der Waals surface area contributed by atoms with Gasteiger partial charge in [-0.05, 0) is 30.0 Å². The second-order valence-electron chi connectivity index (χ2n) is 6.83. The molecule has 1 saturated heterocycles. The fourth-order valence-corrected chi connectivity index (χ4v) is 2.85. The number of hydrogen-bond donors (Lipinski definition) is 1. The lowest BCUT2D eigenvalue weighted by Crippen LogP contribution is -2.50. The molecule has 0 bridgehead atoms. The summed E-state index contributed by atoms with van der Waals surface area (Å²) in [5, 5.41) is 2.88. The first kappa shape index (κ1) is 17.9. The summed E-state index contributed by atoms with van der Waals surface area (Å²) in [5.74, 6) is 0.459. The van der Waals surface area contributed by atoms with E-state index in [0.29, 0.717) is 24.6 Å². The van der Waals surface area contributed by atoms with Crippen LogP contribution in [-0.2, 0) is 11.3 Å². The van der Waals surface area contributed by atoms with Crippen LogP contribution < -0.4 is 5.32 Å². The SMILES string of the molecule is Cc1ccc(CNC(=O)CN2CCN(CC(C)C)CC2)cc1F. The van der Waals surface area contributed by atoms with Crippen LogP contribution in [-0.4, -0.2) is 55.0 Å². The third-order valence-electron chi connectivity index (χ3n) is 4.18. The van der Waals surface area contributed by atoms with E-state index in [2.05, 4.69) is 29.0 Å². The van der Waals surface area contributed by atoms with E-state index in [0.717, 1.165) is 38.3 Å². The second-order valence-corrected chi connectivity index (χ2v) is 6.83. The van der Waals surface area contributed by atoms with Gasteiger partial charge >= 0.3 is 0 Å². The molecule has 0 aromatic heterocycles. The van der Waals surface area contributed by atoms with Gasteiger partial charge in [0.15, 0.2) is 0 Å². The van der Waals surface area contributed by atoms with Crippen molar-refractivity contribution in [2.75, 3.05) is 39.3 Å². The summed E-state index contributed by atoms with van der Waals surface area (Å²) < 4.78 is 13.5. The highest BCUT2D eigenvalue weighted by Gasteiger charge is 2.19. The minimum Gasteiger partial charge on any atom is -0.351 e. The number of benzene rings is 1. The molecule has 1 aliphatic rings. The highest BCUT2D eigenvalue weighted by Crippen LogP contribution is 2.09. The van der Waals surface area contributed by atoms with Crippen molar-refractivity contribution in [1.29, 1.82) is 0 Å². The van der Waals surface area contributed by atoms with Gasteiger partial charge in [0.2, 0.25) is 5.91 Å². The number of aryl methyl sites for hydroxylation is 1. The summed E-state index contributed by atoms with van der Waals surface area (Å²) in [7, 11) is 0. The minimum atomic E-state index is -0.224. The van der Waals surface area contributed by atoms with Crippen molar-refractivity contribution in [2.24, 2.45) is 5.92 Å². The summed E-state index contributed by atoms with van der Waals surface area (Å²) in [6.45, 7) is 12.0. The molecule has 0 radical (unpaired) electrons. The molecule has 2 rings (SSSR count).